The van der Waals surface area contributed by atoms with Crippen LogP contribution in [0, 0.1) is 0 Å². The molecule has 0 unspecified atom stereocenters. The highest BCUT2D eigenvalue weighted by Crippen LogP contribution is 2.27. The lowest BCUT2D eigenvalue weighted by molar-refractivity contribution is 0.0598. The van der Waals surface area contributed by atoms with Crippen LogP contribution in [0.3, 0.4) is 0 Å². The lowest BCUT2D eigenvalue weighted by Crippen LogP contribution is -2.04. The molecule has 92 valence electrons. The molecule has 4 nitrogen and oxygen atoms in total. The van der Waals surface area contributed by atoms with Gasteiger partial charge in [-0.05, 0) is 24.3 Å². The lowest BCUT2D eigenvalue weighted by atomic mass is 10.2. The summed E-state index contributed by atoms with van der Waals surface area (Å²) in [7, 11) is 1.32. The number of rotatable bonds is 3. The van der Waals surface area contributed by atoms with E-state index in [0.717, 1.165) is 0 Å². The first-order valence-electron chi connectivity index (χ1n) is 5.41. The third-order valence-corrected chi connectivity index (χ3v) is 2.38. The molecule has 0 fully saturated rings. The number of nitrogen functional groups attached to an aromatic ring is 1. The zero-order valence-corrected chi connectivity index (χ0v) is 9.92. The Balaban J connectivity index is 2.36. The van der Waals surface area contributed by atoms with Gasteiger partial charge in [-0.3, -0.25) is 0 Å². The third-order valence-electron chi connectivity index (χ3n) is 2.38. The van der Waals surface area contributed by atoms with Crippen LogP contribution in [0.1, 0.15) is 10.4 Å². The van der Waals surface area contributed by atoms with Gasteiger partial charge in [-0.2, -0.15) is 0 Å². The fraction of sp³-hybridized carbons (Fsp3) is 0.0714. The minimum atomic E-state index is -0.457. The SMILES string of the molecule is COC(=O)c1ccc(N)cc1Oc1ccccc1. The van der Waals surface area contributed by atoms with E-state index in [2.05, 4.69) is 0 Å². The van der Waals surface area contributed by atoms with E-state index in [-0.39, 0.29) is 0 Å². The van der Waals surface area contributed by atoms with Crippen LogP contribution < -0.4 is 10.5 Å². The van der Waals surface area contributed by atoms with Crippen molar-refractivity contribution in [2.75, 3.05) is 12.8 Å². The molecule has 0 atom stereocenters. The predicted octanol–water partition coefficient (Wildman–Crippen LogP) is 2.85. The van der Waals surface area contributed by atoms with Gasteiger partial charge in [0.25, 0.3) is 0 Å². The van der Waals surface area contributed by atoms with Crippen LogP contribution in [0.2, 0.25) is 0 Å². The van der Waals surface area contributed by atoms with Gasteiger partial charge in [-0.25, -0.2) is 4.79 Å². The normalized spacial score (nSPS) is 9.83. The zero-order chi connectivity index (χ0) is 13.0. The Kier molecular flexibility index (Phi) is 3.48. The average Bonchev–Trinajstić information content (AvgIpc) is 2.39. The first-order chi connectivity index (χ1) is 8.70. The van der Waals surface area contributed by atoms with Gasteiger partial charge in [0.15, 0.2) is 0 Å². The molecule has 18 heavy (non-hydrogen) atoms. The number of nitrogens with two attached hydrogens (primary N) is 1. The molecule has 0 saturated heterocycles. The molecule has 4 heteroatoms. The molecule has 0 aliphatic rings. The number of hydrogen-bond donors (Lipinski definition) is 1. The van der Waals surface area contributed by atoms with Gasteiger partial charge in [-0.1, -0.05) is 18.2 Å². The molecule has 0 aromatic heterocycles. The van der Waals surface area contributed by atoms with Crippen LogP contribution in [0.25, 0.3) is 0 Å². The highest BCUT2D eigenvalue weighted by Gasteiger charge is 2.13. The quantitative estimate of drug-likeness (QED) is 0.665. The third kappa shape index (κ3) is 2.60. The molecule has 2 rings (SSSR count). The summed E-state index contributed by atoms with van der Waals surface area (Å²) >= 11 is 0. The van der Waals surface area contributed by atoms with Crippen LogP contribution in [-0.2, 0) is 4.74 Å². The number of carbonyl (C=O) groups is 1. The summed E-state index contributed by atoms with van der Waals surface area (Å²) in [6.45, 7) is 0. The van der Waals surface area contributed by atoms with Gasteiger partial charge >= 0.3 is 5.97 Å². The van der Waals surface area contributed by atoms with Crippen molar-refractivity contribution >= 4 is 11.7 Å². The number of para-hydroxylation sites is 1. The summed E-state index contributed by atoms with van der Waals surface area (Å²) < 4.78 is 10.3. The lowest BCUT2D eigenvalue weighted by Gasteiger charge is -2.10. The number of anilines is 1. The maximum Gasteiger partial charge on any atom is 0.341 e. The zero-order valence-electron chi connectivity index (χ0n) is 9.92. The van der Waals surface area contributed by atoms with E-state index < -0.39 is 5.97 Å². The Hall–Kier alpha value is -2.49. The monoisotopic (exact) mass is 243 g/mol. The number of carbonyl (C=O) groups excluding carboxylic acids is 1. The largest absolute Gasteiger partial charge is 0.465 e. The summed E-state index contributed by atoms with van der Waals surface area (Å²) in [4.78, 5) is 11.6. The number of methoxy groups -OCH3 is 1. The van der Waals surface area contributed by atoms with E-state index in [1.165, 1.54) is 7.11 Å². The molecule has 2 aromatic rings. The van der Waals surface area contributed by atoms with Crippen molar-refractivity contribution in [3.63, 3.8) is 0 Å². The van der Waals surface area contributed by atoms with E-state index >= 15 is 0 Å². The van der Waals surface area contributed by atoms with E-state index in [0.29, 0.717) is 22.7 Å². The first-order valence-corrected chi connectivity index (χ1v) is 5.41. The Morgan fingerprint density at radius 3 is 2.50 bits per heavy atom. The summed E-state index contributed by atoms with van der Waals surface area (Å²) in [5.74, 6) is 0.558. The standard InChI is InChI=1S/C14H13NO3/c1-17-14(16)12-8-7-10(15)9-13(12)18-11-5-3-2-4-6-11/h2-9H,15H2,1H3. The van der Waals surface area contributed by atoms with Crippen LogP contribution in [0.15, 0.2) is 48.5 Å². The molecule has 0 radical (unpaired) electrons. The number of ether oxygens (including phenoxy) is 2. The molecular formula is C14H13NO3. The van der Waals surface area contributed by atoms with Crippen molar-refractivity contribution in [2.45, 2.75) is 0 Å². The van der Waals surface area contributed by atoms with Crippen LogP contribution in [0.5, 0.6) is 11.5 Å². The van der Waals surface area contributed by atoms with Crippen molar-refractivity contribution in [1.82, 2.24) is 0 Å². The van der Waals surface area contributed by atoms with Crippen molar-refractivity contribution in [3.05, 3.63) is 54.1 Å². The Morgan fingerprint density at radius 2 is 1.83 bits per heavy atom. The summed E-state index contributed by atoms with van der Waals surface area (Å²) in [5.41, 5.74) is 6.56. The maximum atomic E-state index is 11.6. The highest BCUT2D eigenvalue weighted by molar-refractivity contribution is 5.93. The molecule has 0 heterocycles. The Labute approximate surface area is 105 Å². The Morgan fingerprint density at radius 1 is 1.11 bits per heavy atom. The van der Waals surface area contributed by atoms with Gasteiger partial charge < -0.3 is 15.2 Å². The smallest absolute Gasteiger partial charge is 0.341 e. The van der Waals surface area contributed by atoms with Crippen LogP contribution >= 0.6 is 0 Å². The second kappa shape index (κ2) is 5.23. The minimum absolute atomic E-state index is 0.343. The van der Waals surface area contributed by atoms with Crippen LogP contribution in [0.4, 0.5) is 5.69 Å². The molecule has 0 saturated carbocycles. The predicted molar refractivity (Wildman–Crippen MR) is 68.7 cm³/mol. The van der Waals surface area contributed by atoms with Crippen molar-refractivity contribution in [2.24, 2.45) is 0 Å². The average molecular weight is 243 g/mol. The molecule has 2 N–H and O–H groups in total. The molecular weight excluding hydrogens is 230 g/mol. The van der Waals surface area contributed by atoms with Crippen molar-refractivity contribution in [1.29, 1.82) is 0 Å². The molecule has 0 amide bonds. The molecule has 0 aliphatic heterocycles. The summed E-state index contributed by atoms with van der Waals surface area (Å²) in [5, 5.41) is 0. The van der Waals surface area contributed by atoms with Crippen molar-refractivity contribution < 1.29 is 14.3 Å². The molecule has 2 aromatic carbocycles. The van der Waals surface area contributed by atoms with Gasteiger partial charge in [-0.15, -0.1) is 0 Å². The second-order valence-corrected chi connectivity index (χ2v) is 3.66. The fourth-order valence-corrected chi connectivity index (χ4v) is 1.52. The minimum Gasteiger partial charge on any atom is -0.465 e. The number of hydrogen-bond acceptors (Lipinski definition) is 4. The van der Waals surface area contributed by atoms with Gasteiger partial charge in [0.1, 0.15) is 17.1 Å². The van der Waals surface area contributed by atoms with E-state index in [1.54, 1.807) is 30.3 Å². The van der Waals surface area contributed by atoms with Crippen molar-refractivity contribution in [3.8, 4) is 11.5 Å². The van der Waals surface area contributed by atoms with E-state index in [4.69, 9.17) is 15.2 Å². The molecule has 0 spiro atoms. The van der Waals surface area contributed by atoms with Gasteiger partial charge in [0.05, 0.1) is 7.11 Å². The number of benzene rings is 2. The van der Waals surface area contributed by atoms with E-state index in [1.807, 2.05) is 18.2 Å². The highest BCUT2D eigenvalue weighted by atomic mass is 16.5. The number of esters is 1. The second-order valence-electron chi connectivity index (χ2n) is 3.66. The summed E-state index contributed by atoms with van der Waals surface area (Å²) in [6.07, 6.45) is 0. The molecule has 0 aliphatic carbocycles. The first kappa shape index (κ1) is 12.0. The van der Waals surface area contributed by atoms with Gasteiger partial charge in [0.2, 0.25) is 0 Å². The van der Waals surface area contributed by atoms with Gasteiger partial charge in [0, 0.05) is 11.8 Å². The Bertz CT molecular complexity index is 552. The fourth-order valence-electron chi connectivity index (χ4n) is 1.52. The van der Waals surface area contributed by atoms with E-state index in [9.17, 15) is 4.79 Å². The van der Waals surface area contributed by atoms with Crippen LogP contribution in [-0.4, -0.2) is 13.1 Å². The summed E-state index contributed by atoms with van der Waals surface area (Å²) in [6, 6.07) is 14.0. The maximum absolute atomic E-state index is 11.6. The molecule has 0 bridgehead atoms. The topological polar surface area (TPSA) is 61.5 Å².